The van der Waals surface area contributed by atoms with E-state index in [1.807, 2.05) is 0 Å². The highest BCUT2D eigenvalue weighted by Gasteiger charge is 2.74. The van der Waals surface area contributed by atoms with Crippen LogP contribution in [0.4, 0.5) is 0 Å². The van der Waals surface area contributed by atoms with Crippen molar-refractivity contribution in [1.82, 2.24) is 0 Å². The summed E-state index contributed by atoms with van der Waals surface area (Å²) < 4.78 is 0. The molecule has 0 aliphatic heterocycles. The molecule has 4 saturated carbocycles. The smallest absolute Gasteiger partial charge is 0.0988 e. The van der Waals surface area contributed by atoms with E-state index in [0.29, 0.717) is 36.7 Å². The molecule has 4 fully saturated rings. The Morgan fingerprint density at radius 1 is 0.971 bits per heavy atom. The predicted octanol–water partition coefficient (Wildman–Crippen LogP) is 4.59. The Morgan fingerprint density at radius 2 is 1.60 bits per heavy atom. The van der Waals surface area contributed by atoms with E-state index in [1.165, 1.54) is 0 Å². The van der Waals surface area contributed by atoms with E-state index >= 15 is 0 Å². The van der Waals surface area contributed by atoms with Crippen LogP contribution >= 0.6 is 0 Å². The van der Waals surface area contributed by atoms with Crippen LogP contribution in [-0.2, 0) is 0 Å². The third-order valence-electron chi connectivity index (χ3n) is 12.8. The zero-order valence-corrected chi connectivity index (χ0v) is 23.3. The molecular weight excluding hydrogens is 440 g/mol. The molecule has 5 heteroatoms. The highest BCUT2D eigenvalue weighted by atomic mass is 16.4. The molecule has 0 amide bonds. The summed E-state index contributed by atoms with van der Waals surface area (Å²) in [7, 11) is 0. The predicted molar refractivity (Wildman–Crippen MR) is 139 cm³/mol. The molecule has 0 aromatic carbocycles. The molecule has 0 bridgehead atoms. The van der Waals surface area contributed by atoms with Crippen LogP contribution in [0.15, 0.2) is 12.2 Å². The molecule has 0 aromatic heterocycles. The van der Waals surface area contributed by atoms with Gasteiger partial charge in [-0.1, -0.05) is 46.8 Å². The topological polar surface area (TPSA) is 101 Å². The second kappa shape index (κ2) is 8.27. The minimum atomic E-state index is -1.42. The second-order valence-electron chi connectivity index (χ2n) is 14.7. The van der Waals surface area contributed by atoms with Crippen LogP contribution in [0.5, 0.6) is 0 Å². The second-order valence-corrected chi connectivity index (χ2v) is 14.7. The minimum absolute atomic E-state index is 0.0273. The van der Waals surface area contributed by atoms with Crippen molar-refractivity contribution in [2.24, 2.45) is 39.4 Å². The van der Waals surface area contributed by atoms with Gasteiger partial charge in [0, 0.05) is 5.92 Å². The summed E-state index contributed by atoms with van der Waals surface area (Å²) in [5, 5.41) is 56.7. The zero-order valence-electron chi connectivity index (χ0n) is 23.3. The van der Waals surface area contributed by atoms with E-state index < -0.39 is 29.3 Å². The van der Waals surface area contributed by atoms with Crippen LogP contribution in [0, 0.1) is 39.4 Å². The Balaban J connectivity index is 1.69. The molecule has 4 rings (SSSR count). The fourth-order valence-corrected chi connectivity index (χ4v) is 10.3. The van der Waals surface area contributed by atoms with Gasteiger partial charge < -0.3 is 25.5 Å². The van der Waals surface area contributed by atoms with Gasteiger partial charge in [0.1, 0.15) is 0 Å². The molecule has 0 saturated heterocycles. The summed E-state index contributed by atoms with van der Waals surface area (Å²) in [5.41, 5.74) is -2.69. The third-order valence-corrected chi connectivity index (χ3v) is 12.8. The maximum absolute atomic E-state index is 12.2. The zero-order chi connectivity index (χ0) is 26.4. The van der Waals surface area contributed by atoms with Gasteiger partial charge in [0.05, 0.1) is 29.5 Å². The van der Waals surface area contributed by atoms with Crippen molar-refractivity contribution in [2.75, 3.05) is 0 Å². The number of hydrogen-bond acceptors (Lipinski definition) is 5. The highest BCUT2D eigenvalue weighted by molar-refractivity contribution is 5.24. The first-order chi connectivity index (χ1) is 15.9. The van der Waals surface area contributed by atoms with Gasteiger partial charge in [0.2, 0.25) is 0 Å². The Morgan fingerprint density at radius 3 is 2.20 bits per heavy atom. The summed E-state index contributed by atoms with van der Waals surface area (Å²) in [6, 6.07) is 0. The molecule has 0 spiro atoms. The van der Waals surface area contributed by atoms with Gasteiger partial charge in [0.25, 0.3) is 0 Å². The molecule has 0 radical (unpaired) electrons. The van der Waals surface area contributed by atoms with Gasteiger partial charge >= 0.3 is 0 Å². The molecule has 5 nitrogen and oxygen atoms in total. The molecule has 11 atom stereocenters. The molecule has 4 aliphatic rings. The van der Waals surface area contributed by atoms with Gasteiger partial charge in [-0.05, 0) is 105 Å². The van der Waals surface area contributed by atoms with Crippen molar-refractivity contribution >= 4 is 0 Å². The number of aliphatic hydroxyl groups is 5. The number of fused-ring (bicyclic) bond motifs is 5. The average Bonchev–Trinajstić information content (AvgIpc) is 3.06. The van der Waals surface area contributed by atoms with Gasteiger partial charge in [-0.15, -0.1) is 0 Å². The highest BCUT2D eigenvalue weighted by Crippen LogP contribution is 2.76. The lowest BCUT2D eigenvalue weighted by Gasteiger charge is -2.70. The molecule has 35 heavy (non-hydrogen) atoms. The number of rotatable bonds is 5. The van der Waals surface area contributed by atoms with Gasteiger partial charge in [-0.2, -0.15) is 0 Å². The van der Waals surface area contributed by atoms with Gasteiger partial charge in [-0.25, -0.2) is 0 Å². The lowest BCUT2D eigenvalue weighted by Crippen LogP contribution is -2.69. The summed E-state index contributed by atoms with van der Waals surface area (Å²) in [6.45, 7) is 18.8. The Kier molecular flexibility index (Phi) is 6.51. The molecule has 202 valence electrons. The van der Waals surface area contributed by atoms with Crippen LogP contribution in [0.2, 0.25) is 0 Å². The Bertz CT molecular complexity index is 852. The number of aliphatic hydroxyl groups excluding tert-OH is 3. The maximum Gasteiger partial charge on any atom is 0.0988 e. The van der Waals surface area contributed by atoms with Crippen molar-refractivity contribution in [2.45, 2.75) is 136 Å². The van der Waals surface area contributed by atoms with Crippen LogP contribution in [-0.4, -0.2) is 55.0 Å². The lowest BCUT2D eigenvalue weighted by molar-refractivity contribution is -0.271. The molecule has 0 aromatic rings. The van der Waals surface area contributed by atoms with Crippen molar-refractivity contribution < 1.29 is 25.5 Å². The van der Waals surface area contributed by atoms with Crippen LogP contribution < -0.4 is 0 Å². The van der Waals surface area contributed by atoms with Gasteiger partial charge in [-0.3, -0.25) is 0 Å². The fraction of sp³-hybridized carbons (Fsp3) is 0.933. The van der Waals surface area contributed by atoms with E-state index in [9.17, 15) is 25.5 Å². The van der Waals surface area contributed by atoms with E-state index in [-0.39, 0.29) is 34.2 Å². The SMILES string of the molecule is C=C(C)C(O)CC[C@](C)(O)[C@@]1(O)CC[C@@]2(C)[C@@H]1[C@H](O)C[C@@H]1[C@@]3(C)CC[C@@H](O)C(C)(C)C3CC[C@]12C. The standard InChI is InChI=1S/C30H52O5/c1-18(2)19(31)9-14-29(8,34)30(35)16-15-28(7)24(30)20(32)17-22-26(5)12-11-23(33)25(3,4)21(26)10-13-27(22,28)6/h19-24,31-35H,1,9-17H2,2-8H3/t19?,20-,21?,22-,23-,24+,26+,27-,28+,29+,30-/m1/s1. The quantitative estimate of drug-likeness (QED) is 0.362. The van der Waals surface area contributed by atoms with Crippen molar-refractivity contribution in [3.8, 4) is 0 Å². The monoisotopic (exact) mass is 492 g/mol. The van der Waals surface area contributed by atoms with E-state index in [1.54, 1.807) is 13.8 Å². The average molecular weight is 493 g/mol. The Hall–Kier alpha value is -0.460. The summed E-state index contributed by atoms with van der Waals surface area (Å²) in [4.78, 5) is 0. The first-order valence-corrected chi connectivity index (χ1v) is 14.0. The number of hydrogen-bond donors (Lipinski definition) is 5. The Labute approximate surface area is 213 Å². The summed E-state index contributed by atoms with van der Waals surface area (Å²) >= 11 is 0. The summed E-state index contributed by atoms with van der Waals surface area (Å²) in [5.74, 6) is 0.279. The van der Waals surface area contributed by atoms with Crippen LogP contribution in [0.25, 0.3) is 0 Å². The van der Waals surface area contributed by atoms with E-state index in [0.717, 1.165) is 32.1 Å². The van der Waals surface area contributed by atoms with Crippen molar-refractivity contribution in [3.05, 3.63) is 12.2 Å². The molecule has 0 heterocycles. The molecular formula is C30H52O5. The maximum atomic E-state index is 12.2. The first-order valence-electron chi connectivity index (χ1n) is 14.0. The van der Waals surface area contributed by atoms with Crippen molar-refractivity contribution in [1.29, 1.82) is 0 Å². The van der Waals surface area contributed by atoms with E-state index in [4.69, 9.17) is 0 Å². The minimum Gasteiger partial charge on any atom is -0.393 e. The van der Waals surface area contributed by atoms with Gasteiger partial charge in [0.15, 0.2) is 0 Å². The molecule has 5 N–H and O–H groups in total. The lowest BCUT2D eigenvalue weighted by atomic mass is 9.35. The summed E-state index contributed by atoms with van der Waals surface area (Å²) in [6.07, 6.45) is 4.56. The third kappa shape index (κ3) is 3.58. The first kappa shape index (κ1) is 27.6. The van der Waals surface area contributed by atoms with Crippen molar-refractivity contribution in [3.63, 3.8) is 0 Å². The van der Waals surface area contributed by atoms with Crippen LogP contribution in [0.3, 0.4) is 0 Å². The molecule has 2 unspecified atom stereocenters. The van der Waals surface area contributed by atoms with E-state index in [2.05, 4.69) is 41.2 Å². The molecule has 4 aliphatic carbocycles. The fourth-order valence-electron chi connectivity index (χ4n) is 10.3. The largest absolute Gasteiger partial charge is 0.393 e. The normalized spacial score (nSPS) is 51.5. The van der Waals surface area contributed by atoms with Crippen LogP contribution in [0.1, 0.15) is 106 Å².